The van der Waals surface area contributed by atoms with E-state index in [0.29, 0.717) is 0 Å². The van der Waals surface area contributed by atoms with Crippen molar-refractivity contribution >= 4 is 5.91 Å². The molecule has 4 N–H and O–H groups in total. The molecule has 18 heavy (non-hydrogen) atoms. The second-order valence-corrected chi connectivity index (χ2v) is 4.85. The molecule has 0 spiro atoms. The van der Waals surface area contributed by atoms with Crippen LogP contribution in [-0.4, -0.2) is 23.7 Å². The van der Waals surface area contributed by atoms with Gasteiger partial charge in [-0.15, -0.1) is 0 Å². The molecule has 1 amide bonds. The van der Waals surface area contributed by atoms with Gasteiger partial charge >= 0.3 is 0 Å². The van der Waals surface area contributed by atoms with Crippen molar-refractivity contribution < 1.29 is 9.90 Å². The molecule has 0 radical (unpaired) electrons. The lowest BCUT2D eigenvalue weighted by molar-refractivity contribution is -0.123. The Hall–Kier alpha value is -1.39. The van der Waals surface area contributed by atoms with Crippen LogP contribution in [0.2, 0.25) is 0 Å². The maximum Gasteiger partial charge on any atom is 0.241 e. The molecule has 3 atom stereocenters. The molecule has 4 heteroatoms. The molecule has 1 aromatic carbocycles. The first-order valence-corrected chi connectivity index (χ1v) is 6.19. The number of carbonyl (C=O) groups excluding carboxylic acids is 1. The van der Waals surface area contributed by atoms with Gasteiger partial charge in [-0.25, -0.2) is 0 Å². The van der Waals surface area contributed by atoms with Gasteiger partial charge in [-0.1, -0.05) is 36.8 Å². The first-order chi connectivity index (χ1) is 8.45. The van der Waals surface area contributed by atoms with E-state index in [2.05, 4.69) is 5.32 Å². The Morgan fingerprint density at radius 1 is 1.33 bits per heavy atom. The van der Waals surface area contributed by atoms with Crippen LogP contribution in [0.1, 0.15) is 31.0 Å². The number of aryl methyl sites for hydroxylation is 1. The van der Waals surface area contributed by atoms with Crippen molar-refractivity contribution in [3.05, 3.63) is 35.4 Å². The number of amides is 1. The highest BCUT2D eigenvalue weighted by molar-refractivity contribution is 5.83. The molecule has 0 heterocycles. The molecule has 0 aliphatic carbocycles. The second-order valence-electron chi connectivity index (χ2n) is 4.85. The van der Waals surface area contributed by atoms with Gasteiger partial charge in [0.15, 0.2) is 0 Å². The summed E-state index contributed by atoms with van der Waals surface area (Å²) in [5.74, 6) is -0.203. The molecule has 3 unspecified atom stereocenters. The highest BCUT2D eigenvalue weighted by Gasteiger charge is 2.19. The van der Waals surface area contributed by atoms with Gasteiger partial charge in [0.25, 0.3) is 0 Å². The van der Waals surface area contributed by atoms with Crippen LogP contribution in [0.25, 0.3) is 0 Å². The van der Waals surface area contributed by atoms with Gasteiger partial charge in [-0.2, -0.15) is 0 Å². The molecule has 0 saturated carbocycles. The third-order valence-electron chi connectivity index (χ3n) is 3.23. The van der Waals surface area contributed by atoms with Crippen LogP contribution >= 0.6 is 0 Å². The Morgan fingerprint density at radius 2 is 1.89 bits per heavy atom. The topological polar surface area (TPSA) is 75.4 Å². The number of carbonyl (C=O) groups is 1. The van der Waals surface area contributed by atoms with Gasteiger partial charge in [0.2, 0.25) is 5.91 Å². The standard InChI is InChI=1S/C14H22N2O2/c1-9-4-6-12(7-5-9)13(15)14(18)16-11(3)10(2)8-17/h4-7,10-11,13,17H,8,15H2,1-3H3,(H,16,18). The molecule has 0 aliphatic heterocycles. The normalized spacial score (nSPS) is 15.8. The van der Waals surface area contributed by atoms with Crippen molar-refractivity contribution in [3.63, 3.8) is 0 Å². The van der Waals surface area contributed by atoms with E-state index in [1.54, 1.807) is 0 Å². The van der Waals surface area contributed by atoms with Gasteiger partial charge < -0.3 is 16.2 Å². The van der Waals surface area contributed by atoms with Crippen molar-refractivity contribution in [3.8, 4) is 0 Å². The maximum atomic E-state index is 11.9. The van der Waals surface area contributed by atoms with Gasteiger partial charge in [-0.3, -0.25) is 4.79 Å². The quantitative estimate of drug-likeness (QED) is 0.733. The summed E-state index contributed by atoms with van der Waals surface area (Å²) in [5, 5.41) is 11.8. The number of rotatable bonds is 5. The van der Waals surface area contributed by atoms with Crippen LogP contribution < -0.4 is 11.1 Å². The van der Waals surface area contributed by atoms with Crippen LogP contribution in [0.5, 0.6) is 0 Å². The Labute approximate surface area is 108 Å². The Kier molecular flexibility index (Phi) is 5.31. The fraction of sp³-hybridized carbons (Fsp3) is 0.500. The fourth-order valence-corrected chi connectivity index (χ4v) is 1.54. The zero-order valence-electron chi connectivity index (χ0n) is 11.2. The molecule has 4 nitrogen and oxygen atoms in total. The average Bonchev–Trinajstić information content (AvgIpc) is 2.37. The molecule has 0 aromatic heterocycles. The SMILES string of the molecule is Cc1ccc(C(N)C(=O)NC(C)C(C)CO)cc1. The monoisotopic (exact) mass is 250 g/mol. The summed E-state index contributed by atoms with van der Waals surface area (Å²) in [6.07, 6.45) is 0. The highest BCUT2D eigenvalue weighted by atomic mass is 16.3. The van der Waals surface area contributed by atoms with Crippen molar-refractivity contribution in [1.29, 1.82) is 0 Å². The highest BCUT2D eigenvalue weighted by Crippen LogP contribution is 2.12. The van der Waals surface area contributed by atoms with E-state index in [4.69, 9.17) is 10.8 Å². The molecular formula is C14H22N2O2. The average molecular weight is 250 g/mol. The van der Waals surface area contributed by atoms with Crippen LogP contribution in [0.3, 0.4) is 0 Å². The van der Waals surface area contributed by atoms with Crippen LogP contribution in [-0.2, 0) is 4.79 Å². The summed E-state index contributed by atoms with van der Waals surface area (Å²) in [6, 6.07) is 6.82. The first kappa shape index (κ1) is 14.7. The minimum absolute atomic E-state index is 0.0131. The van der Waals surface area contributed by atoms with Crippen LogP contribution in [0.4, 0.5) is 0 Å². The molecule has 0 saturated heterocycles. The second kappa shape index (κ2) is 6.52. The van der Waals surface area contributed by atoms with Gasteiger partial charge in [0.05, 0.1) is 0 Å². The Balaban J connectivity index is 2.64. The van der Waals surface area contributed by atoms with E-state index >= 15 is 0 Å². The molecule has 0 aliphatic rings. The zero-order valence-corrected chi connectivity index (χ0v) is 11.2. The summed E-state index contributed by atoms with van der Waals surface area (Å²) >= 11 is 0. The number of nitrogens with one attached hydrogen (secondary N) is 1. The van der Waals surface area contributed by atoms with Gasteiger partial charge in [0, 0.05) is 12.6 Å². The molecule has 0 fully saturated rings. The molecule has 0 bridgehead atoms. The zero-order chi connectivity index (χ0) is 13.7. The number of benzene rings is 1. The minimum atomic E-state index is -0.668. The lowest BCUT2D eigenvalue weighted by Gasteiger charge is -2.21. The smallest absolute Gasteiger partial charge is 0.241 e. The van der Waals surface area contributed by atoms with E-state index in [-0.39, 0.29) is 24.5 Å². The van der Waals surface area contributed by atoms with Crippen molar-refractivity contribution in [2.45, 2.75) is 32.9 Å². The minimum Gasteiger partial charge on any atom is -0.396 e. The van der Waals surface area contributed by atoms with E-state index in [1.165, 1.54) is 0 Å². The van der Waals surface area contributed by atoms with Crippen molar-refractivity contribution in [1.82, 2.24) is 5.32 Å². The molecule has 1 aromatic rings. The Morgan fingerprint density at radius 3 is 2.39 bits per heavy atom. The summed E-state index contributed by atoms with van der Waals surface area (Å²) in [4.78, 5) is 11.9. The summed E-state index contributed by atoms with van der Waals surface area (Å²) in [6.45, 7) is 5.77. The maximum absolute atomic E-state index is 11.9. The lowest BCUT2D eigenvalue weighted by atomic mass is 10.0. The van der Waals surface area contributed by atoms with Gasteiger partial charge in [0.1, 0.15) is 6.04 Å². The van der Waals surface area contributed by atoms with Crippen LogP contribution in [0, 0.1) is 12.8 Å². The number of aliphatic hydroxyl groups excluding tert-OH is 1. The van der Waals surface area contributed by atoms with Crippen molar-refractivity contribution in [2.24, 2.45) is 11.7 Å². The first-order valence-electron chi connectivity index (χ1n) is 6.19. The lowest BCUT2D eigenvalue weighted by Crippen LogP contribution is -2.43. The van der Waals surface area contributed by atoms with E-state index < -0.39 is 6.04 Å². The van der Waals surface area contributed by atoms with Crippen molar-refractivity contribution in [2.75, 3.05) is 6.61 Å². The third kappa shape index (κ3) is 3.82. The van der Waals surface area contributed by atoms with E-state index in [1.807, 2.05) is 45.0 Å². The number of nitrogens with two attached hydrogens (primary N) is 1. The van der Waals surface area contributed by atoms with E-state index in [9.17, 15) is 4.79 Å². The number of hydrogen-bond donors (Lipinski definition) is 3. The predicted octanol–water partition coefficient (Wildman–Crippen LogP) is 1.13. The largest absolute Gasteiger partial charge is 0.396 e. The predicted molar refractivity (Wildman–Crippen MR) is 72.0 cm³/mol. The Bertz CT molecular complexity index is 389. The van der Waals surface area contributed by atoms with Crippen LogP contribution in [0.15, 0.2) is 24.3 Å². The number of aliphatic hydroxyl groups is 1. The fourth-order valence-electron chi connectivity index (χ4n) is 1.54. The van der Waals surface area contributed by atoms with Gasteiger partial charge in [-0.05, 0) is 25.3 Å². The summed E-state index contributed by atoms with van der Waals surface area (Å²) in [7, 11) is 0. The molecular weight excluding hydrogens is 228 g/mol. The molecule has 1 rings (SSSR count). The number of hydrogen-bond acceptors (Lipinski definition) is 3. The molecule has 100 valence electrons. The summed E-state index contributed by atoms with van der Waals surface area (Å²) in [5.41, 5.74) is 7.83. The third-order valence-corrected chi connectivity index (χ3v) is 3.23. The summed E-state index contributed by atoms with van der Waals surface area (Å²) < 4.78 is 0. The van der Waals surface area contributed by atoms with E-state index in [0.717, 1.165) is 11.1 Å².